The molecule has 1 aromatic rings. The molecule has 1 aliphatic rings. The van der Waals surface area contributed by atoms with E-state index in [4.69, 9.17) is 5.73 Å². The SMILES string of the molecule is CNc1ccc2c(c1)CCC(=O)N2CC(C)N. The predicted molar refractivity (Wildman–Crippen MR) is 70.3 cm³/mol. The molecule has 17 heavy (non-hydrogen) atoms. The first-order valence-corrected chi connectivity index (χ1v) is 5.98. The fourth-order valence-electron chi connectivity index (χ4n) is 2.20. The van der Waals surface area contributed by atoms with Crippen LogP contribution in [-0.4, -0.2) is 25.5 Å². The Kier molecular flexibility index (Phi) is 3.33. The normalized spacial score (nSPS) is 16.6. The molecule has 1 heterocycles. The van der Waals surface area contributed by atoms with Crippen molar-refractivity contribution < 1.29 is 4.79 Å². The van der Waals surface area contributed by atoms with Crippen molar-refractivity contribution in [2.24, 2.45) is 5.73 Å². The molecule has 0 fully saturated rings. The Morgan fingerprint density at radius 1 is 1.47 bits per heavy atom. The van der Waals surface area contributed by atoms with E-state index in [-0.39, 0.29) is 11.9 Å². The van der Waals surface area contributed by atoms with Crippen molar-refractivity contribution in [3.8, 4) is 0 Å². The van der Waals surface area contributed by atoms with Crippen LogP contribution in [0.25, 0.3) is 0 Å². The second kappa shape index (κ2) is 4.75. The maximum atomic E-state index is 11.9. The van der Waals surface area contributed by atoms with Gasteiger partial charge in [-0.3, -0.25) is 4.79 Å². The topological polar surface area (TPSA) is 58.4 Å². The number of benzene rings is 1. The Morgan fingerprint density at radius 2 is 2.24 bits per heavy atom. The maximum absolute atomic E-state index is 11.9. The summed E-state index contributed by atoms with van der Waals surface area (Å²) in [6.07, 6.45) is 1.39. The number of amides is 1. The summed E-state index contributed by atoms with van der Waals surface area (Å²) in [6.45, 7) is 2.51. The third kappa shape index (κ3) is 2.42. The van der Waals surface area contributed by atoms with Gasteiger partial charge in [-0.05, 0) is 37.1 Å². The predicted octanol–water partition coefficient (Wildman–Crippen LogP) is 1.35. The van der Waals surface area contributed by atoms with Gasteiger partial charge in [0, 0.05) is 37.4 Å². The number of hydrogen-bond donors (Lipinski definition) is 2. The molecule has 0 aliphatic carbocycles. The standard InChI is InChI=1S/C13H19N3O/c1-9(14)8-16-12-5-4-11(15-2)7-10(12)3-6-13(16)17/h4-5,7,9,15H,3,6,8,14H2,1-2H3. The van der Waals surface area contributed by atoms with E-state index < -0.39 is 0 Å². The highest BCUT2D eigenvalue weighted by Gasteiger charge is 2.24. The first-order chi connectivity index (χ1) is 8.11. The zero-order valence-corrected chi connectivity index (χ0v) is 10.4. The summed E-state index contributed by atoms with van der Waals surface area (Å²) in [5.41, 5.74) is 9.11. The summed E-state index contributed by atoms with van der Waals surface area (Å²) in [4.78, 5) is 13.7. The van der Waals surface area contributed by atoms with Gasteiger partial charge < -0.3 is 16.0 Å². The second-order valence-electron chi connectivity index (χ2n) is 4.58. The number of anilines is 2. The summed E-state index contributed by atoms with van der Waals surface area (Å²) in [5, 5.41) is 3.12. The van der Waals surface area contributed by atoms with E-state index in [0.29, 0.717) is 13.0 Å². The Balaban J connectivity index is 2.34. The van der Waals surface area contributed by atoms with E-state index in [2.05, 4.69) is 11.4 Å². The highest BCUT2D eigenvalue weighted by molar-refractivity contribution is 5.96. The van der Waals surface area contributed by atoms with Gasteiger partial charge in [0.25, 0.3) is 0 Å². The summed E-state index contributed by atoms with van der Waals surface area (Å²) in [6, 6.07) is 6.09. The van der Waals surface area contributed by atoms with Crippen molar-refractivity contribution >= 4 is 17.3 Å². The lowest BCUT2D eigenvalue weighted by Gasteiger charge is -2.31. The Bertz CT molecular complexity index is 429. The van der Waals surface area contributed by atoms with Gasteiger partial charge in [0.2, 0.25) is 5.91 Å². The van der Waals surface area contributed by atoms with E-state index in [0.717, 1.165) is 17.8 Å². The lowest BCUT2D eigenvalue weighted by Crippen LogP contribution is -2.42. The lowest BCUT2D eigenvalue weighted by molar-refractivity contribution is -0.118. The third-order valence-corrected chi connectivity index (χ3v) is 3.04. The quantitative estimate of drug-likeness (QED) is 0.828. The van der Waals surface area contributed by atoms with Gasteiger partial charge in [-0.2, -0.15) is 0 Å². The van der Waals surface area contributed by atoms with E-state index in [1.54, 1.807) is 0 Å². The number of carbonyl (C=O) groups is 1. The average molecular weight is 233 g/mol. The Morgan fingerprint density at radius 3 is 2.88 bits per heavy atom. The fraction of sp³-hybridized carbons (Fsp3) is 0.462. The molecule has 2 rings (SSSR count). The second-order valence-corrected chi connectivity index (χ2v) is 4.58. The monoisotopic (exact) mass is 233 g/mol. The summed E-state index contributed by atoms with van der Waals surface area (Å²) >= 11 is 0. The molecule has 1 aromatic carbocycles. The first-order valence-electron chi connectivity index (χ1n) is 5.98. The number of nitrogens with two attached hydrogens (primary N) is 1. The minimum absolute atomic E-state index is 0.00567. The molecule has 0 radical (unpaired) electrons. The minimum Gasteiger partial charge on any atom is -0.388 e. The van der Waals surface area contributed by atoms with Crippen LogP contribution in [0, 0.1) is 0 Å². The molecular weight excluding hydrogens is 214 g/mol. The van der Waals surface area contributed by atoms with Gasteiger partial charge in [0.15, 0.2) is 0 Å². The van der Waals surface area contributed by atoms with Crippen LogP contribution in [0.15, 0.2) is 18.2 Å². The highest BCUT2D eigenvalue weighted by atomic mass is 16.2. The Hall–Kier alpha value is -1.55. The number of fused-ring (bicyclic) bond motifs is 1. The molecule has 0 saturated carbocycles. The first kappa shape index (κ1) is 11.9. The average Bonchev–Trinajstić information content (AvgIpc) is 2.32. The summed E-state index contributed by atoms with van der Waals surface area (Å²) in [7, 11) is 1.90. The van der Waals surface area contributed by atoms with Crippen molar-refractivity contribution in [2.75, 3.05) is 23.8 Å². The zero-order valence-electron chi connectivity index (χ0n) is 10.4. The molecule has 3 N–H and O–H groups in total. The number of nitrogens with zero attached hydrogens (tertiary/aromatic N) is 1. The highest BCUT2D eigenvalue weighted by Crippen LogP contribution is 2.30. The molecule has 1 amide bonds. The lowest BCUT2D eigenvalue weighted by atomic mass is 10.00. The number of carbonyl (C=O) groups excluding carboxylic acids is 1. The largest absolute Gasteiger partial charge is 0.388 e. The molecule has 4 nitrogen and oxygen atoms in total. The smallest absolute Gasteiger partial charge is 0.227 e. The molecule has 92 valence electrons. The van der Waals surface area contributed by atoms with Crippen LogP contribution in [0.1, 0.15) is 18.9 Å². The van der Waals surface area contributed by atoms with Crippen molar-refractivity contribution in [1.29, 1.82) is 0 Å². The van der Waals surface area contributed by atoms with Crippen molar-refractivity contribution in [3.63, 3.8) is 0 Å². The van der Waals surface area contributed by atoms with Crippen LogP contribution in [0.3, 0.4) is 0 Å². The van der Waals surface area contributed by atoms with Crippen LogP contribution in [0.5, 0.6) is 0 Å². The third-order valence-electron chi connectivity index (χ3n) is 3.04. The molecule has 1 atom stereocenters. The molecule has 1 unspecified atom stereocenters. The van der Waals surface area contributed by atoms with E-state index in [9.17, 15) is 4.79 Å². The van der Waals surface area contributed by atoms with E-state index in [1.165, 1.54) is 5.56 Å². The molecule has 0 bridgehead atoms. The van der Waals surface area contributed by atoms with Crippen LogP contribution in [-0.2, 0) is 11.2 Å². The zero-order chi connectivity index (χ0) is 12.4. The van der Waals surface area contributed by atoms with Gasteiger partial charge in [0.05, 0.1) is 0 Å². The van der Waals surface area contributed by atoms with Crippen molar-refractivity contribution in [1.82, 2.24) is 0 Å². The number of rotatable bonds is 3. The van der Waals surface area contributed by atoms with E-state index >= 15 is 0 Å². The molecular formula is C13H19N3O. The molecule has 4 heteroatoms. The van der Waals surface area contributed by atoms with Gasteiger partial charge in [-0.15, -0.1) is 0 Å². The van der Waals surface area contributed by atoms with Crippen molar-refractivity contribution in [3.05, 3.63) is 23.8 Å². The van der Waals surface area contributed by atoms with Crippen LogP contribution >= 0.6 is 0 Å². The Labute approximate surface area is 102 Å². The molecule has 1 aliphatic heterocycles. The molecule has 0 aromatic heterocycles. The van der Waals surface area contributed by atoms with Crippen LogP contribution in [0.2, 0.25) is 0 Å². The van der Waals surface area contributed by atoms with Crippen molar-refractivity contribution in [2.45, 2.75) is 25.8 Å². The fourth-order valence-corrected chi connectivity index (χ4v) is 2.20. The van der Waals surface area contributed by atoms with Crippen LogP contribution in [0.4, 0.5) is 11.4 Å². The number of aryl methyl sites for hydroxylation is 1. The number of nitrogens with one attached hydrogen (secondary N) is 1. The minimum atomic E-state index is -0.00567. The molecule has 0 spiro atoms. The van der Waals surface area contributed by atoms with Gasteiger partial charge in [-0.1, -0.05) is 0 Å². The van der Waals surface area contributed by atoms with E-state index in [1.807, 2.05) is 31.0 Å². The summed E-state index contributed by atoms with van der Waals surface area (Å²) < 4.78 is 0. The van der Waals surface area contributed by atoms with Crippen LogP contribution < -0.4 is 16.0 Å². The van der Waals surface area contributed by atoms with Gasteiger partial charge in [-0.25, -0.2) is 0 Å². The van der Waals surface area contributed by atoms with Gasteiger partial charge >= 0.3 is 0 Å². The molecule has 0 saturated heterocycles. The summed E-state index contributed by atoms with van der Waals surface area (Å²) in [5.74, 6) is 0.173. The number of hydrogen-bond acceptors (Lipinski definition) is 3. The maximum Gasteiger partial charge on any atom is 0.227 e. The van der Waals surface area contributed by atoms with Gasteiger partial charge in [0.1, 0.15) is 0 Å².